The molecule has 1 aliphatic heterocycles. The number of rotatable bonds is 1. The lowest BCUT2D eigenvalue weighted by atomic mass is 9.78. The van der Waals surface area contributed by atoms with E-state index in [1.165, 1.54) is 27.8 Å². The first kappa shape index (κ1) is 24.4. The summed E-state index contributed by atoms with van der Waals surface area (Å²) < 4.78 is 12.4. The molecular formula is C32H40O2. The first-order chi connectivity index (χ1) is 15.6. The number of aryl methyl sites for hydroxylation is 1. The summed E-state index contributed by atoms with van der Waals surface area (Å²) in [6.45, 7) is 22.8. The molecule has 0 saturated heterocycles. The zero-order valence-electron chi connectivity index (χ0n) is 22.6. The van der Waals surface area contributed by atoms with Crippen molar-refractivity contribution in [3.63, 3.8) is 0 Å². The molecule has 0 amide bonds. The normalized spacial score (nSPS) is 13.9. The van der Waals surface area contributed by atoms with E-state index in [2.05, 4.69) is 118 Å². The van der Waals surface area contributed by atoms with E-state index in [1.807, 2.05) is 0 Å². The van der Waals surface area contributed by atoms with Crippen LogP contribution in [0.3, 0.4) is 0 Å². The number of benzene rings is 3. The Morgan fingerprint density at radius 3 is 1.68 bits per heavy atom. The Labute approximate surface area is 206 Å². The third kappa shape index (κ3) is 4.73. The van der Waals surface area contributed by atoms with Crippen LogP contribution in [0.25, 0.3) is 22.3 Å². The lowest BCUT2D eigenvalue weighted by Crippen LogP contribution is -2.16. The standard InChI is InChI=1S/C32H40O2/c1-20-13-25(21-15-23(31(5,6)7)17-24(16-21)32(8,9)10)29-27(14-20)26-18-22(30(2,3)4)11-12-28(26)33-19-34-29/h11-18H,19H2,1-10H3. The van der Waals surface area contributed by atoms with Gasteiger partial charge >= 0.3 is 0 Å². The predicted molar refractivity (Wildman–Crippen MR) is 144 cm³/mol. The van der Waals surface area contributed by atoms with Gasteiger partial charge in [-0.05, 0) is 75.3 Å². The van der Waals surface area contributed by atoms with Crippen LogP contribution in [0.5, 0.6) is 11.5 Å². The first-order valence-corrected chi connectivity index (χ1v) is 12.4. The minimum atomic E-state index is 0.0506. The summed E-state index contributed by atoms with van der Waals surface area (Å²) in [6, 6.07) is 18.1. The summed E-state index contributed by atoms with van der Waals surface area (Å²) in [5, 5.41) is 0. The molecule has 0 spiro atoms. The monoisotopic (exact) mass is 456 g/mol. The summed E-state index contributed by atoms with van der Waals surface area (Å²) in [5.74, 6) is 1.78. The van der Waals surface area contributed by atoms with Gasteiger partial charge < -0.3 is 9.47 Å². The predicted octanol–water partition coefficient (Wildman–Crippen LogP) is 8.95. The van der Waals surface area contributed by atoms with E-state index >= 15 is 0 Å². The molecule has 4 rings (SSSR count). The highest BCUT2D eigenvalue weighted by Crippen LogP contribution is 2.47. The zero-order chi connectivity index (χ0) is 25.1. The summed E-state index contributed by atoms with van der Waals surface area (Å²) >= 11 is 0. The van der Waals surface area contributed by atoms with Crippen LogP contribution < -0.4 is 9.47 Å². The van der Waals surface area contributed by atoms with E-state index in [-0.39, 0.29) is 23.0 Å². The highest BCUT2D eigenvalue weighted by Gasteiger charge is 2.26. The second-order valence-electron chi connectivity index (χ2n) is 12.9. The molecule has 34 heavy (non-hydrogen) atoms. The van der Waals surface area contributed by atoms with E-state index < -0.39 is 0 Å². The summed E-state index contributed by atoms with van der Waals surface area (Å²) in [7, 11) is 0. The van der Waals surface area contributed by atoms with Gasteiger partial charge in [0.25, 0.3) is 0 Å². The van der Waals surface area contributed by atoms with Gasteiger partial charge in [-0.25, -0.2) is 0 Å². The molecule has 0 N–H and O–H groups in total. The number of ether oxygens (including phenoxy) is 2. The van der Waals surface area contributed by atoms with E-state index in [4.69, 9.17) is 9.47 Å². The van der Waals surface area contributed by atoms with Gasteiger partial charge in [-0.2, -0.15) is 0 Å². The van der Waals surface area contributed by atoms with Crippen molar-refractivity contribution < 1.29 is 9.47 Å². The number of hydrogen-bond acceptors (Lipinski definition) is 2. The summed E-state index contributed by atoms with van der Waals surface area (Å²) in [5.41, 5.74) is 9.87. The maximum atomic E-state index is 6.33. The Bertz CT molecular complexity index is 1200. The molecule has 0 radical (unpaired) electrons. The topological polar surface area (TPSA) is 18.5 Å². The molecule has 3 aromatic carbocycles. The largest absolute Gasteiger partial charge is 0.457 e. The zero-order valence-corrected chi connectivity index (χ0v) is 22.6. The van der Waals surface area contributed by atoms with Gasteiger partial charge in [0.15, 0.2) is 0 Å². The van der Waals surface area contributed by atoms with Gasteiger partial charge in [-0.15, -0.1) is 0 Å². The van der Waals surface area contributed by atoms with Crippen molar-refractivity contribution >= 4 is 0 Å². The molecule has 0 aromatic heterocycles. The van der Waals surface area contributed by atoms with Gasteiger partial charge in [0, 0.05) is 16.7 Å². The highest BCUT2D eigenvalue weighted by molar-refractivity contribution is 5.86. The highest BCUT2D eigenvalue weighted by atomic mass is 16.7. The van der Waals surface area contributed by atoms with Crippen LogP contribution in [0.15, 0.2) is 48.5 Å². The minimum absolute atomic E-state index is 0.0506. The van der Waals surface area contributed by atoms with Crippen molar-refractivity contribution in [2.75, 3.05) is 6.79 Å². The average Bonchev–Trinajstić information content (AvgIpc) is 2.90. The van der Waals surface area contributed by atoms with Crippen molar-refractivity contribution in [3.05, 3.63) is 70.8 Å². The molecular weight excluding hydrogens is 416 g/mol. The molecule has 0 saturated carbocycles. The Morgan fingerprint density at radius 1 is 0.559 bits per heavy atom. The fourth-order valence-corrected chi connectivity index (χ4v) is 4.48. The third-order valence-electron chi connectivity index (χ3n) is 6.76. The van der Waals surface area contributed by atoms with Crippen LogP contribution in [-0.2, 0) is 16.2 Å². The van der Waals surface area contributed by atoms with Crippen molar-refractivity contribution in [1.29, 1.82) is 0 Å². The van der Waals surface area contributed by atoms with Crippen LogP contribution in [0.1, 0.15) is 84.6 Å². The Balaban J connectivity index is 2.01. The van der Waals surface area contributed by atoms with Gasteiger partial charge in [0.1, 0.15) is 11.5 Å². The van der Waals surface area contributed by atoms with Crippen molar-refractivity contribution in [3.8, 4) is 33.8 Å². The lowest BCUT2D eigenvalue weighted by molar-refractivity contribution is 0.125. The van der Waals surface area contributed by atoms with Gasteiger partial charge in [-0.1, -0.05) is 86.6 Å². The van der Waals surface area contributed by atoms with Gasteiger partial charge in [0.05, 0.1) is 0 Å². The molecule has 2 nitrogen and oxygen atoms in total. The van der Waals surface area contributed by atoms with E-state index in [1.54, 1.807) is 0 Å². The molecule has 0 unspecified atom stereocenters. The van der Waals surface area contributed by atoms with E-state index in [0.717, 1.165) is 28.2 Å². The smallest absolute Gasteiger partial charge is 0.230 e. The first-order valence-electron chi connectivity index (χ1n) is 12.4. The second-order valence-corrected chi connectivity index (χ2v) is 12.9. The lowest BCUT2D eigenvalue weighted by Gasteiger charge is -2.27. The number of hydrogen-bond donors (Lipinski definition) is 0. The van der Waals surface area contributed by atoms with Gasteiger partial charge in [-0.3, -0.25) is 0 Å². The van der Waals surface area contributed by atoms with Crippen LogP contribution in [0.4, 0.5) is 0 Å². The maximum absolute atomic E-state index is 6.33. The average molecular weight is 457 g/mol. The maximum Gasteiger partial charge on any atom is 0.230 e. The Hall–Kier alpha value is -2.74. The van der Waals surface area contributed by atoms with Crippen molar-refractivity contribution in [1.82, 2.24) is 0 Å². The van der Waals surface area contributed by atoms with E-state index in [9.17, 15) is 0 Å². The molecule has 0 fully saturated rings. The molecule has 0 aliphatic carbocycles. The molecule has 2 heteroatoms. The Morgan fingerprint density at radius 2 is 1.12 bits per heavy atom. The molecule has 1 aliphatic rings. The molecule has 180 valence electrons. The fourth-order valence-electron chi connectivity index (χ4n) is 4.48. The van der Waals surface area contributed by atoms with Crippen LogP contribution in [0, 0.1) is 6.92 Å². The van der Waals surface area contributed by atoms with Crippen LogP contribution in [-0.4, -0.2) is 6.79 Å². The Kier molecular flexibility index (Phi) is 5.87. The minimum Gasteiger partial charge on any atom is -0.457 e. The van der Waals surface area contributed by atoms with Crippen LogP contribution >= 0.6 is 0 Å². The van der Waals surface area contributed by atoms with Crippen LogP contribution in [0.2, 0.25) is 0 Å². The third-order valence-corrected chi connectivity index (χ3v) is 6.76. The van der Waals surface area contributed by atoms with Crippen molar-refractivity contribution in [2.45, 2.75) is 85.5 Å². The van der Waals surface area contributed by atoms with Gasteiger partial charge in [0.2, 0.25) is 6.79 Å². The molecule has 1 heterocycles. The molecule has 0 atom stereocenters. The second kappa shape index (κ2) is 8.18. The summed E-state index contributed by atoms with van der Waals surface area (Å²) in [6.07, 6.45) is 0. The molecule has 3 aromatic rings. The summed E-state index contributed by atoms with van der Waals surface area (Å²) in [4.78, 5) is 0. The SMILES string of the molecule is Cc1cc(-c2cc(C(C)(C)C)cc(C(C)(C)C)c2)c2c(c1)-c1cc(C(C)(C)C)ccc1OCO2. The quantitative estimate of drug-likeness (QED) is 0.364. The van der Waals surface area contributed by atoms with Crippen molar-refractivity contribution in [2.24, 2.45) is 0 Å². The van der Waals surface area contributed by atoms with E-state index in [0.29, 0.717) is 0 Å². The fraction of sp³-hybridized carbons (Fsp3) is 0.438. The number of fused-ring (bicyclic) bond motifs is 3. The molecule has 0 bridgehead atoms.